The number of rotatable bonds is 2. The molecule has 4 aliphatic rings. The molecule has 5 rings (SSSR count). The van der Waals surface area contributed by atoms with E-state index in [4.69, 9.17) is 16.3 Å². The van der Waals surface area contributed by atoms with Gasteiger partial charge in [-0.3, -0.25) is 0 Å². The van der Waals surface area contributed by atoms with Crippen LogP contribution < -0.4 is 4.74 Å². The van der Waals surface area contributed by atoms with Gasteiger partial charge in [0.25, 0.3) is 0 Å². The number of aromatic nitrogens is 1. The van der Waals surface area contributed by atoms with Crippen LogP contribution in [0.5, 0.6) is 5.75 Å². The second kappa shape index (κ2) is 3.84. The van der Waals surface area contributed by atoms with Crippen molar-refractivity contribution in [2.75, 3.05) is 19.6 Å². The van der Waals surface area contributed by atoms with Gasteiger partial charge in [0, 0.05) is 24.4 Å². The summed E-state index contributed by atoms with van der Waals surface area (Å²) in [5, 5.41) is 0.526. The summed E-state index contributed by atoms with van der Waals surface area (Å²) < 4.78 is 6.20. The van der Waals surface area contributed by atoms with Crippen LogP contribution in [-0.2, 0) is 0 Å². The van der Waals surface area contributed by atoms with Gasteiger partial charge in [-0.05, 0) is 37.9 Å². The van der Waals surface area contributed by atoms with Crippen LogP contribution in [-0.4, -0.2) is 35.6 Å². The monoisotopic (exact) mass is 264 g/mol. The first-order valence-electron chi connectivity index (χ1n) is 6.76. The third kappa shape index (κ3) is 1.57. The van der Waals surface area contributed by atoms with Crippen LogP contribution in [0.3, 0.4) is 0 Å². The van der Waals surface area contributed by atoms with Crippen molar-refractivity contribution in [2.24, 2.45) is 11.3 Å². The van der Waals surface area contributed by atoms with Crippen molar-refractivity contribution in [1.82, 2.24) is 9.88 Å². The van der Waals surface area contributed by atoms with Crippen LogP contribution in [0.1, 0.15) is 19.3 Å². The SMILES string of the molecule is Clc1ccc(O[C@@H]2C3CN4CCCC2(C3)C4)cn1. The van der Waals surface area contributed by atoms with Gasteiger partial charge in [0.15, 0.2) is 0 Å². The molecule has 4 heteroatoms. The highest BCUT2D eigenvalue weighted by Gasteiger charge is 2.60. The molecular weight excluding hydrogens is 248 g/mol. The fraction of sp³-hybridized carbons (Fsp3) is 0.643. The third-order valence-electron chi connectivity index (χ3n) is 4.84. The van der Waals surface area contributed by atoms with E-state index in [0.717, 1.165) is 11.7 Å². The highest BCUT2D eigenvalue weighted by molar-refractivity contribution is 6.29. The molecule has 1 aliphatic carbocycles. The van der Waals surface area contributed by atoms with Gasteiger partial charge in [-0.2, -0.15) is 0 Å². The summed E-state index contributed by atoms with van der Waals surface area (Å²) in [6.45, 7) is 3.73. The van der Waals surface area contributed by atoms with E-state index in [0.29, 0.717) is 16.7 Å². The summed E-state index contributed by atoms with van der Waals surface area (Å²) in [4.78, 5) is 6.70. The Morgan fingerprint density at radius 3 is 3.22 bits per heavy atom. The maximum absolute atomic E-state index is 6.20. The molecule has 4 fully saturated rings. The molecule has 3 unspecified atom stereocenters. The van der Waals surface area contributed by atoms with E-state index in [1.54, 1.807) is 12.3 Å². The van der Waals surface area contributed by atoms with Gasteiger partial charge < -0.3 is 9.64 Å². The number of ether oxygens (including phenoxy) is 1. The first-order chi connectivity index (χ1) is 8.75. The number of halogens is 1. The van der Waals surface area contributed by atoms with Crippen LogP contribution in [0.15, 0.2) is 18.3 Å². The standard InChI is InChI=1S/C14H17ClN2O/c15-12-3-2-11(7-16-12)18-13-10-6-14(13)4-1-5-17(8-10)9-14/h2-3,7,10,13H,1,4-6,8-9H2/t10?,13-,14?/m1/s1. The fourth-order valence-corrected chi connectivity index (χ4v) is 4.30. The first-order valence-corrected chi connectivity index (χ1v) is 7.14. The molecule has 1 aromatic rings. The predicted octanol–water partition coefficient (Wildman–Crippen LogP) is 2.60. The zero-order valence-electron chi connectivity index (χ0n) is 10.3. The lowest BCUT2D eigenvalue weighted by molar-refractivity contribution is -0.187. The Bertz CT molecular complexity index is 457. The Balaban J connectivity index is 1.54. The van der Waals surface area contributed by atoms with E-state index >= 15 is 0 Å². The maximum atomic E-state index is 6.20. The average molecular weight is 265 g/mol. The Hall–Kier alpha value is -0.800. The Kier molecular flexibility index (Phi) is 2.36. The third-order valence-corrected chi connectivity index (χ3v) is 5.07. The van der Waals surface area contributed by atoms with E-state index in [-0.39, 0.29) is 0 Å². The minimum Gasteiger partial charge on any atom is -0.488 e. The molecule has 4 atom stereocenters. The summed E-state index contributed by atoms with van der Waals surface area (Å²) in [6.07, 6.45) is 6.15. The molecule has 0 amide bonds. The number of hydrogen-bond acceptors (Lipinski definition) is 3. The van der Waals surface area contributed by atoms with Gasteiger partial charge in [-0.25, -0.2) is 4.98 Å². The number of pyridine rings is 1. The normalized spacial score (nSPS) is 41.1. The van der Waals surface area contributed by atoms with Crippen LogP contribution >= 0.6 is 11.6 Å². The summed E-state index contributed by atoms with van der Waals surface area (Å²) in [7, 11) is 0. The maximum Gasteiger partial charge on any atom is 0.138 e. The molecule has 1 saturated carbocycles. The predicted molar refractivity (Wildman–Crippen MR) is 69.9 cm³/mol. The lowest BCUT2D eigenvalue weighted by Gasteiger charge is -2.64. The van der Waals surface area contributed by atoms with Crippen LogP contribution in [0.25, 0.3) is 0 Å². The van der Waals surface area contributed by atoms with Crippen molar-refractivity contribution in [1.29, 1.82) is 0 Å². The Morgan fingerprint density at radius 1 is 1.44 bits per heavy atom. The van der Waals surface area contributed by atoms with Crippen LogP contribution in [0.4, 0.5) is 0 Å². The van der Waals surface area contributed by atoms with Gasteiger partial charge in [-0.15, -0.1) is 0 Å². The smallest absolute Gasteiger partial charge is 0.138 e. The van der Waals surface area contributed by atoms with Gasteiger partial charge in [0.1, 0.15) is 17.0 Å². The topological polar surface area (TPSA) is 25.4 Å². The van der Waals surface area contributed by atoms with Crippen LogP contribution in [0.2, 0.25) is 5.15 Å². The zero-order valence-corrected chi connectivity index (χ0v) is 11.1. The minimum atomic E-state index is 0.400. The van der Waals surface area contributed by atoms with Gasteiger partial charge in [-0.1, -0.05) is 11.6 Å². The molecule has 0 radical (unpaired) electrons. The molecule has 18 heavy (non-hydrogen) atoms. The molecule has 1 spiro atoms. The molecule has 3 bridgehead atoms. The van der Waals surface area contributed by atoms with Crippen molar-refractivity contribution in [3.8, 4) is 5.75 Å². The Labute approximate surface area is 112 Å². The summed E-state index contributed by atoms with van der Waals surface area (Å²) in [5.74, 6) is 1.59. The molecule has 4 heterocycles. The van der Waals surface area contributed by atoms with Crippen molar-refractivity contribution in [2.45, 2.75) is 25.4 Å². The van der Waals surface area contributed by atoms with E-state index in [9.17, 15) is 0 Å². The second-order valence-corrected chi connectivity index (χ2v) is 6.41. The lowest BCUT2D eigenvalue weighted by atomic mass is 9.53. The van der Waals surface area contributed by atoms with Gasteiger partial charge >= 0.3 is 0 Å². The van der Waals surface area contributed by atoms with E-state index in [1.165, 1.54) is 38.9 Å². The molecule has 3 nitrogen and oxygen atoms in total. The molecule has 3 saturated heterocycles. The molecule has 0 N–H and O–H groups in total. The van der Waals surface area contributed by atoms with Gasteiger partial charge in [0.2, 0.25) is 0 Å². The molecule has 3 aliphatic heterocycles. The van der Waals surface area contributed by atoms with Gasteiger partial charge in [0.05, 0.1) is 6.20 Å². The largest absolute Gasteiger partial charge is 0.488 e. The summed E-state index contributed by atoms with van der Waals surface area (Å²) >= 11 is 5.80. The van der Waals surface area contributed by atoms with Crippen molar-refractivity contribution >= 4 is 11.6 Å². The number of piperidine rings is 3. The van der Waals surface area contributed by atoms with Crippen LogP contribution in [0, 0.1) is 11.3 Å². The molecular formula is C14H17ClN2O. The lowest BCUT2D eigenvalue weighted by Crippen LogP contribution is -2.70. The van der Waals surface area contributed by atoms with Crippen molar-refractivity contribution in [3.05, 3.63) is 23.5 Å². The van der Waals surface area contributed by atoms with E-state index in [2.05, 4.69) is 9.88 Å². The van der Waals surface area contributed by atoms with Crippen molar-refractivity contribution < 1.29 is 4.74 Å². The number of hydrogen-bond donors (Lipinski definition) is 0. The molecule has 1 aromatic heterocycles. The first kappa shape index (κ1) is 11.1. The average Bonchev–Trinajstić information content (AvgIpc) is 2.37. The number of nitrogens with zero attached hydrogens (tertiary/aromatic N) is 2. The summed E-state index contributed by atoms with van der Waals surface area (Å²) in [6, 6.07) is 3.73. The minimum absolute atomic E-state index is 0.400. The highest BCUT2D eigenvalue weighted by atomic mass is 35.5. The highest BCUT2D eigenvalue weighted by Crippen LogP contribution is 2.56. The quantitative estimate of drug-likeness (QED) is 0.768. The zero-order chi connectivity index (χ0) is 12.2. The Morgan fingerprint density at radius 2 is 2.39 bits per heavy atom. The molecule has 96 valence electrons. The molecule has 0 aromatic carbocycles. The van der Waals surface area contributed by atoms with Crippen molar-refractivity contribution in [3.63, 3.8) is 0 Å². The fourth-order valence-electron chi connectivity index (χ4n) is 4.19. The second-order valence-electron chi connectivity index (χ2n) is 6.02. The summed E-state index contributed by atoms with van der Waals surface area (Å²) in [5.41, 5.74) is 0.431. The van der Waals surface area contributed by atoms with E-state index < -0.39 is 0 Å². The van der Waals surface area contributed by atoms with E-state index in [1.807, 2.05) is 6.07 Å².